The fraction of sp³-hybridized carbons (Fsp3) is 0.0526. The Labute approximate surface area is 266 Å². The number of para-hydroxylation sites is 2. The van der Waals surface area contributed by atoms with Crippen molar-refractivity contribution in [3.05, 3.63) is 157 Å². The van der Waals surface area contributed by atoms with E-state index in [1.54, 1.807) is 48.5 Å². The molecule has 0 aromatic heterocycles. The van der Waals surface area contributed by atoms with Gasteiger partial charge in [0.25, 0.3) is 0 Å². The molecule has 2 amide bonds. The molecule has 0 saturated carbocycles. The molecular weight excluding hydrogens is 580 g/mol. The molecule has 0 spiro atoms. The summed E-state index contributed by atoms with van der Waals surface area (Å²) >= 11 is 0. The summed E-state index contributed by atoms with van der Waals surface area (Å²) in [5.74, 6) is 1.18. The van der Waals surface area contributed by atoms with Crippen LogP contribution in [-0.4, -0.2) is 12.2 Å². The van der Waals surface area contributed by atoms with Gasteiger partial charge in [0.2, 0.25) is 11.5 Å². The summed E-state index contributed by atoms with van der Waals surface area (Å²) in [4.78, 5) is 26.5. The Morgan fingerprint density at radius 1 is 0.413 bits per heavy atom. The van der Waals surface area contributed by atoms with E-state index in [9.17, 15) is 9.59 Å². The van der Waals surface area contributed by atoms with Crippen molar-refractivity contribution in [2.45, 2.75) is 13.1 Å². The highest BCUT2D eigenvalue weighted by Crippen LogP contribution is 2.54. The second kappa shape index (κ2) is 14.5. The van der Waals surface area contributed by atoms with Crippen molar-refractivity contribution >= 4 is 23.0 Å². The van der Waals surface area contributed by atoms with Crippen LogP contribution in [0.4, 0.5) is 9.59 Å². The van der Waals surface area contributed by atoms with E-state index in [-0.39, 0.29) is 36.1 Å². The van der Waals surface area contributed by atoms with Crippen LogP contribution in [0, 0.1) is 0 Å². The van der Waals surface area contributed by atoms with Gasteiger partial charge < -0.3 is 29.6 Å². The molecule has 228 valence electrons. The first-order valence-electron chi connectivity index (χ1n) is 14.7. The Morgan fingerprint density at radius 2 is 0.739 bits per heavy atom. The molecule has 0 heterocycles. The highest BCUT2D eigenvalue weighted by Gasteiger charge is 2.29. The first-order chi connectivity index (χ1) is 22.6. The molecule has 0 aliphatic carbocycles. The Bertz CT molecular complexity index is 1780. The number of amides is 2. The maximum absolute atomic E-state index is 13.3. The van der Waals surface area contributed by atoms with Crippen molar-refractivity contribution < 1.29 is 28.5 Å². The van der Waals surface area contributed by atoms with Crippen LogP contribution < -0.4 is 29.6 Å². The zero-order valence-electron chi connectivity index (χ0n) is 24.7. The van der Waals surface area contributed by atoms with Crippen molar-refractivity contribution in [2.24, 2.45) is 0 Å². The molecule has 46 heavy (non-hydrogen) atoms. The average molecular weight is 611 g/mol. The zero-order valence-corrected chi connectivity index (χ0v) is 24.7. The molecule has 8 nitrogen and oxygen atoms in total. The Morgan fingerprint density at radius 3 is 1.11 bits per heavy atom. The minimum atomic E-state index is -0.702. The SMILES string of the molecule is O=C(NCc1ccccc1)Oc1c(Oc2ccccc2)c(Oc2ccccc2)c(OC(=O)NCc2ccccc2)c2ccccc12. The van der Waals surface area contributed by atoms with Crippen LogP contribution in [-0.2, 0) is 13.1 Å². The van der Waals surface area contributed by atoms with Crippen LogP contribution in [0.5, 0.6) is 34.5 Å². The van der Waals surface area contributed by atoms with Gasteiger partial charge in [-0.15, -0.1) is 0 Å². The Hall–Kier alpha value is -6.28. The molecule has 0 bridgehead atoms. The molecule has 0 radical (unpaired) electrons. The minimum Gasteiger partial charge on any atom is -0.449 e. The number of carbonyl (C=O) groups is 2. The number of benzene rings is 6. The summed E-state index contributed by atoms with van der Waals surface area (Å²) in [5.41, 5.74) is 1.81. The van der Waals surface area contributed by atoms with Gasteiger partial charge in [-0.3, -0.25) is 0 Å². The maximum Gasteiger partial charge on any atom is 0.413 e. The molecule has 8 heteroatoms. The third kappa shape index (κ3) is 7.43. The number of rotatable bonds is 10. The molecule has 0 unspecified atom stereocenters. The van der Waals surface area contributed by atoms with Gasteiger partial charge in [0.15, 0.2) is 11.5 Å². The first-order valence-corrected chi connectivity index (χ1v) is 14.7. The van der Waals surface area contributed by atoms with Crippen LogP contribution in [0.2, 0.25) is 0 Å². The third-order valence-corrected chi connectivity index (χ3v) is 6.91. The second-order valence-electron chi connectivity index (χ2n) is 10.1. The van der Waals surface area contributed by atoms with Crippen molar-refractivity contribution in [1.82, 2.24) is 10.6 Å². The van der Waals surface area contributed by atoms with Gasteiger partial charge in [-0.25, -0.2) is 9.59 Å². The van der Waals surface area contributed by atoms with Gasteiger partial charge in [-0.2, -0.15) is 0 Å². The third-order valence-electron chi connectivity index (χ3n) is 6.91. The van der Waals surface area contributed by atoms with Crippen molar-refractivity contribution in [3.63, 3.8) is 0 Å². The largest absolute Gasteiger partial charge is 0.449 e. The predicted molar refractivity (Wildman–Crippen MR) is 176 cm³/mol. The van der Waals surface area contributed by atoms with Crippen LogP contribution in [0.1, 0.15) is 11.1 Å². The van der Waals surface area contributed by atoms with Gasteiger partial charge in [-0.1, -0.05) is 121 Å². The van der Waals surface area contributed by atoms with Gasteiger partial charge >= 0.3 is 12.2 Å². The molecule has 0 fully saturated rings. The molecule has 0 aliphatic rings. The average Bonchev–Trinajstić information content (AvgIpc) is 3.11. The molecule has 6 rings (SSSR count). The van der Waals surface area contributed by atoms with E-state index in [0.29, 0.717) is 22.3 Å². The van der Waals surface area contributed by atoms with Crippen LogP contribution in [0.3, 0.4) is 0 Å². The fourth-order valence-electron chi connectivity index (χ4n) is 4.73. The molecule has 0 saturated heterocycles. The van der Waals surface area contributed by atoms with Crippen LogP contribution in [0.15, 0.2) is 146 Å². The van der Waals surface area contributed by atoms with Crippen LogP contribution >= 0.6 is 0 Å². The second-order valence-corrected chi connectivity index (χ2v) is 10.1. The predicted octanol–water partition coefficient (Wildman–Crippen LogP) is 9.00. The molecule has 6 aromatic carbocycles. The number of hydrogen-bond acceptors (Lipinski definition) is 6. The molecular formula is C38H30N2O6. The van der Waals surface area contributed by atoms with Crippen molar-refractivity contribution in [2.75, 3.05) is 0 Å². The van der Waals surface area contributed by atoms with E-state index in [4.69, 9.17) is 18.9 Å². The fourth-order valence-corrected chi connectivity index (χ4v) is 4.73. The van der Waals surface area contributed by atoms with E-state index >= 15 is 0 Å². The highest BCUT2D eigenvalue weighted by atomic mass is 16.6. The Balaban J connectivity index is 1.44. The number of ether oxygens (including phenoxy) is 4. The van der Waals surface area contributed by atoms with Crippen molar-refractivity contribution in [3.8, 4) is 34.5 Å². The normalized spacial score (nSPS) is 10.5. The first kappa shape index (κ1) is 29.8. The van der Waals surface area contributed by atoms with Gasteiger partial charge in [0.1, 0.15) is 11.5 Å². The van der Waals surface area contributed by atoms with Gasteiger partial charge in [0, 0.05) is 23.9 Å². The summed E-state index contributed by atoms with van der Waals surface area (Å²) < 4.78 is 24.8. The summed E-state index contributed by atoms with van der Waals surface area (Å²) in [6, 6.07) is 44.1. The maximum atomic E-state index is 13.3. The molecule has 6 aromatic rings. The molecule has 0 aliphatic heterocycles. The van der Waals surface area contributed by atoms with E-state index in [1.165, 1.54) is 0 Å². The lowest BCUT2D eigenvalue weighted by Crippen LogP contribution is -2.27. The van der Waals surface area contributed by atoms with Crippen LogP contribution in [0.25, 0.3) is 10.8 Å². The lowest BCUT2D eigenvalue weighted by atomic mass is 10.1. The van der Waals surface area contributed by atoms with E-state index in [0.717, 1.165) is 11.1 Å². The zero-order chi connectivity index (χ0) is 31.6. The molecule has 2 N–H and O–H groups in total. The quantitative estimate of drug-likeness (QED) is 0.161. The lowest BCUT2D eigenvalue weighted by molar-refractivity contribution is 0.195. The summed E-state index contributed by atoms with van der Waals surface area (Å²) in [7, 11) is 0. The Kier molecular flexibility index (Phi) is 9.36. The van der Waals surface area contributed by atoms with E-state index in [1.807, 2.05) is 97.1 Å². The van der Waals surface area contributed by atoms with Crippen molar-refractivity contribution in [1.29, 1.82) is 0 Å². The van der Waals surface area contributed by atoms with E-state index < -0.39 is 12.2 Å². The summed E-state index contributed by atoms with van der Waals surface area (Å²) in [5, 5.41) is 6.53. The van der Waals surface area contributed by atoms with Gasteiger partial charge in [0.05, 0.1) is 0 Å². The smallest absolute Gasteiger partial charge is 0.413 e. The number of nitrogens with one attached hydrogen (secondary N) is 2. The summed E-state index contributed by atoms with van der Waals surface area (Å²) in [6.07, 6.45) is -1.40. The number of hydrogen-bond donors (Lipinski definition) is 2. The minimum absolute atomic E-state index is 0.0504. The highest BCUT2D eigenvalue weighted by molar-refractivity contribution is 6.01. The standard InChI is InChI=1S/C38H30N2O6/c41-37(39-25-27-15-5-1-6-16-27)45-33-31-23-13-14-24-32(31)34(46-38(42)40-26-28-17-7-2-8-18-28)36(44-30-21-11-4-12-22-30)35(33)43-29-19-9-3-10-20-29/h1-24H,25-26H2,(H,39,41)(H,40,42). The van der Waals surface area contributed by atoms with Gasteiger partial charge in [-0.05, 0) is 35.4 Å². The topological polar surface area (TPSA) is 95.1 Å². The lowest BCUT2D eigenvalue weighted by Gasteiger charge is -2.21. The monoisotopic (exact) mass is 610 g/mol. The van der Waals surface area contributed by atoms with E-state index in [2.05, 4.69) is 10.6 Å². The molecule has 0 atom stereocenters. The number of carbonyl (C=O) groups excluding carboxylic acids is 2. The summed E-state index contributed by atoms with van der Waals surface area (Å²) in [6.45, 7) is 0.505. The number of fused-ring (bicyclic) bond motifs is 1.